The number of likely N-dealkylation sites (tertiary alicyclic amines) is 1. The van der Waals surface area contributed by atoms with E-state index in [4.69, 9.17) is 0 Å². The van der Waals surface area contributed by atoms with Crippen LogP contribution in [0.1, 0.15) is 40.5 Å². The lowest BCUT2D eigenvalue weighted by molar-refractivity contribution is -0.151. The Morgan fingerprint density at radius 2 is 1.89 bits per heavy atom. The second-order valence-corrected chi connectivity index (χ2v) is 6.87. The normalized spacial score (nSPS) is 33.8. The lowest BCUT2D eigenvalue weighted by Crippen LogP contribution is -2.41. The predicted octanol–water partition coefficient (Wildman–Crippen LogP) is 1.99. The Hall–Kier alpha value is -1.06. The van der Waals surface area contributed by atoms with Gasteiger partial charge in [0.15, 0.2) is 0 Å². The number of amides is 1. The van der Waals surface area contributed by atoms with Crippen LogP contribution in [-0.2, 0) is 9.59 Å². The Morgan fingerprint density at radius 3 is 2.22 bits per heavy atom. The van der Waals surface area contributed by atoms with Crippen LogP contribution in [-0.4, -0.2) is 35.0 Å². The van der Waals surface area contributed by atoms with E-state index in [2.05, 4.69) is 13.8 Å². The first-order valence-electron chi connectivity index (χ1n) is 6.73. The molecule has 2 aliphatic rings. The maximum absolute atomic E-state index is 12.3. The average molecular weight is 253 g/mol. The summed E-state index contributed by atoms with van der Waals surface area (Å²) in [4.78, 5) is 25.6. The van der Waals surface area contributed by atoms with Crippen LogP contribution in [0.4, 0.5) is 0 Å². The summed E-state index contributed by atoms with van der Waals surface area (Å²) in [6.45, 7) is 9.03. The first kappa shape index (κ1) is 13.4. The van der Waals surface area contributed by atoms with Crippen molar-refractivity contribution in [2.24, 2.45) is 22.7 Å². The fourth-order valence-corrected chi connectivity index (χ4v) is 3.02. The van der Waals surface area contributed by atoms with E-state index < -0.39 is 11.4 Å². The van der Waals surface area contributed by atoms with Gasteiger partial charge in [0, 0.05) is 19.0 Å². The molecule has 0 aromatic heterocycles. The van der Waals surface area contributed by atoms with Gasteiger partial charge in [-0.05, 0) is 24.2 Å². The van der Waals surface area contributed by atoms with E-state index >= 15 is 0 Å². The van der Waals surface area contributed by atoms with E-state index in [1.165, 1.54) is 0 Å². The monoisotopic (exact) mass is 253 g/mol. The number of hydrogen-bond acceptors (Lipinski definition) is 2. The highest BCUT2D eigenvalue weighted by Gasteiger charge is 2.55. The number of carbonyl (C=O) groups is 2. The van der Waals surface area contributed by atoms with Crippen LogP contribution in [0.2, 0.25) is 0 Å². The molecule has 2 rings (SSSR count). The largest absolute Gasteiger partial charge is 0.481 e. The molecule has 102 valence electrons. The molecule has 18 heavy (non-hydrogen) atoms. The third-order valence-electron chi connectivity index (χ3n) is 4.96. The second kappa shape index (κ2) is 3.97. The van der Waals surface area contributed by atoms with Gasteiger partial charge >= 0.3 is 5.97 Å². The van der Waals surface area contributed by atoms with Crippen LogP contribution in [0.15, 0.2) is 0 Å². The minimum Gasteiger partial charge on any atom is -0.481 e. The molecule has 0 bridgehead atoms. The SMILES string of the molecule is CC(C)[C@]1(C(=O)O)CCN(C(=O)[C@H]2CC2(C)C)C1. The Labute approximate surface area is 108 Å². The molecule has 2 atom stereocenters. The molecule has 1 amide bonds. The Bertz CT molecular complexity index is 389. The summed E-state index contributed by atoms with van der Waals surface area (Å²) in [5.74, 6) is -0.444. The molecular formula is C14H23NO3. The van der Waals surface area contributed by atoms with Crippen LogP contribution in [0.25, 0.3) is 0 Å². The van der Waals surface area contributed by atoms with Gasteiger partial charge in [-0.3, -0.25) is 9.59 Å². The Morgan fingerprint density at radius 1 is 1.33 bits per heavy atom. The summed E-state index contributed by atoms with van der Waals surface area (Å²) >= 11 is 0. The number of aliphatic carboxylic acids is 1. The second-order valence-electron chi connectivity index (χ2n) is 6.87. The fourth-order valence-electron chi connectivity index (χ4n) is 3.02. The average Bonchev–Trinajstić information content (AvgIpc) is 2.75. The smallest absolute Gasteiger partial charge is 0.311 e. The molecule has 1 saturated carbocycles. The number of nitrogens with zero attached hydrogens (tertiary/aromatic N) is 1. The number of carbonyl (C=O) groups excluding carboxylic acids is 1. The van der Waals surface area contributed by atoms with Gasteiger partial charge in [-0.25, -0.2) is 0 Å². The summed E-state index contributed by atoms with van der Waals surface area (Å²) in [5.41, 5.74) is -0.627. The predicted molar refractivity (Wildman–Crippen MR) is 68.0 cm³/mol. The Kier molecular flexibility index (Phi) is 2.95. The third kappa shape index (κ3) is 1.91. The van der Waals surface area contributed by atoms with E-state index in [1.807, 2.05) is 13.8 Å². The van der Waals surface area contributed by atoms with E-state index in [9.17, 15) is 14.7 Å². The van der Waals surface area contributed by atoms with E-state index in [1.54, 1.807) is 4.90 Å². The third-order valence-corrected chi connectivity index (χ3v) is 4.96. The molecular weight excluding hydrogens is 230 g/mol. The van der Waals surface area contributed by atoms with Gasteiger partial charge in [-0.15, -0.1) is 0 Å². The highest BCUT2D eigenvalue weighted by Crippen LogP contribution is 2.53. The first-order chi connectivity index (χ1) is 8.20. The summed E-state index contributed by atoms with van der Waals surface area (Å²) < 4.78 is 0. The minimum atomic E-state index is -0.761. The summed E-state index contributed by atoms with van der Waals surface area (Å²) in [7, 11) is 0. The summed E-state index contributed by atoms with van der Waals surface area (Å²) in [6, 6.07) is 0. The molecule has 0 spiro atoms. The van der Waals surface area contributed by atoms with Crippen molar-refractivity contribution < 1.29 is 14.7 Å². The van der Waals surface area contributed by atoms with Gasteiger partial charge in [0.1, 0.15) is 0 Å². The van der Waals surface area contributed by atoms with Crippen LogP contribution < -0.4 is 0 Å². The van der Waals surface area contributed by atoms with Gasteiger partial charge in [0.25, 0.3) is 0 Å². The maximum atomic E-state index is 12.3. The lowest BCUT2D eigenvalue weighted by Gasteiger charge is -2.28. The quantitative estimate of drug-likeness (QED) is 0.837. The fraction of sp³-hybridized carbons (Fsp3) is 0.857. The van der Waals surface area contributed by atoms with Crippen molar-refractivity contribution in [2.45, 2.75) is 40.5 Å². The number of carboxylic acids is 1. The van der Waals surface area contributed by atoms with Crippen LogP contribution in [0.3, 0.4) is 0 Å². The molecule has 1 aliphatic heterocycles. The minimum absolute atomic E-state index is 0.0556. The van der Waals surface area contributed by atoms with Crippen molar-refractivity contribution in [3.63, 3.8) is 0 Å². The van der Waals surface area contributed by atoms with E-state index in [-0.39, 0.29) is 23.2 Å². The van der Waals surface area contributed by atoms with Crippen molar-refractivity contribution in [3.05, 3.63) is 0 Å². The van der Waals surface area contributed by atoms with Gasteiger partial charge in [0.2, 0.25) is 5.91 Å². The highest BCUT2D eigenvalue weighted by molar-refractivity contribution is 5.84. The lowest BCUT2D eigenvalue weighted by atomic mass is 9.76. The standard InChI is InChI=1S/C14H23NO3/c1-9(2)14(12(17)18)5-6-15(8-14)11(16)10-7-13(10,3)4/h9-10H,5-8H2,1-4H3,(H,17,18)/t10-,14+/m1/s1. The van der Waals surface area contributed by atoms with Crippen molar-refractivity contribution in [1.29, 1.82) is 0 Å². The summed E-state index contributed by atoms with van der Waals surface area (Å²) in [5, 5.41) is 9.45. The van der Waals surface area contributed by atoms with Gasteiger partial charge in [0.05, 0.1) is 5.41 Å². The molecule has 0 aromatic rings. The van der Waals surface area contributed by atoms with Crippen molar-refractivity contribution >= 4 is 11.9 Å². The first-order valence-corrected chi connectivity index (χ1v) is 6.73. The molecule has 2 fully saturated rings. The number of carboxylic acid groups (broad SMARTS) is 1. The Balaban J connectivity index is 2.08. The number of rotatable bonds is 3. The van der Waals surface area contributed by atoms with E-state index in [0.29, 0.717) is 19.5 Å². The molecule has 1 heterocycles. The highest BCUT2D eigenvalue weighted by atomic mass is 16.4. The van der Waals surface area contributed by atoms with Gasteiger partial charge in [-0.2, -0.15) is 0 Å². The summed E-state index contributed by atoms with van der Waals surface area (Å²) in [6.07, 6.45) is 1.52. The molecule has 0 aromatic carbocycles. The van der Waals surface area contributed by atoms with Crippen molar-refractivity contribution in [3.8, 4) is 0 Å². The molecule has 1 saturated heterocycles. The molecule has 4 heteroatoms. The van der Waals surface area contributed by atoms with Crippen LogP contribution in [0.5, 0.6) is 0 Å². The zero-order valence-corrected chi connectivity index (χ0v) is 11.7. The zero-order chi connectivity index (χ0) is 13.7. The van der Waals surface area contributed by atoms with E-state index in [0.717, 1.165) is 6.42 Å². The molecule has 1 aliphatic carbocycles. The molecule has 0 unspecified atom stereocenters. The van der Waals surface area contributed by atoms with Crippen LogP contribution in [0, 0.1) is 22.7 Å². The van der Waals surface area contributed by atoms with Crippen LogP contribution >= 0.6 is 0 Å². The molecule has 0 radical (unpaired) electrons. The maximum Gasteiger partial charge on any atom is 0.311 e. The van der Waals surface area contributed by atoms with Gasteiger partial charge in [-0.1, -0.05) is 27.7 Å². The molecule has 4 nitrogen and oxygen atoms in total. The molecule has 1 N–H and O–H groups in total. The topological polar surface area (TPSA) is 57.6 Å². The number of hydrogen-bond donors (Lipinski definition) is 1. The zero-order valence-electron chi connectivity index (χ0n) is 11.7. The van der Waals surface area contributed by atoms with Crippen molar-refractivity contribution in [2.75, 3.05) is 13.1 Å². The van der Waals surface area contributed by atoms with Crippen molar-refractivity contribution in [1.82, 2.24) is 4.90 Å². The van der Waals surface area contributed by atoms with Gasteiger partial charge < -0.3 is 10.0 Å².